The predicted octanol–water partition coefficient (Wildman–Crippen LogP) is 3.09. The third-order valence-corrected chi connectivity index (χ3v) is 2.98. The molecule has 0 atom stereocenters. The Balaban J connectivity index is 2.05. The minimum atomic E-state index is 0.720. The van der Waals surface area contributed by atoms with Gasteiger partial charge in [0.2, 0.25) is 0 Å². The molecule has 0 unspecified atom stereocenters. The van der Waals surface area contributed by atoms with E-state index >= 15 is 0 Å². The van der Waals surface area contributed by atoms with Gasteiger partial charge in [-0.3, -0.25) is 0 Å². The van der Waals surface area contributed by atoms with Crippen LogP contribution in [0.3, 0.4) is 0 Å². The molecule has 0 radical (unpaired) electrons. The molecule has 0 spiro atoms. The lowest BCUT2D eigenvalue weighted by Crippen LogP contribution is -2.02. The van der Waals surface area contributed by atoms with E-state index in [1.807, 2.05) is 0 Å². The molecule has 88 valence electrons. The summed E-state index contributed by atoms with van der Waals surface area (Å²) in [5.41, 5.74) is 10.9. The highest BCUT2D eigenvalue weighted by Gasteiger charge is 1.97. The molecule has 0 heterocycles. The minimum Gasteiger partial charge on any atom is -0.330 e. The van der Waals surface area contributed by atoms with Crippen LogP contribution < -0.4 is 5.73 Å². The van der Waals surface area contributed by atoms with Gasteiger partial charge in [-0.05, 0) is 43.0 Å². The van der Waals surface area contributed by atoms with E-state index in [-0.39, 0.29) is 0 Å². The lowest BCUT2D eigenvalue weighted by molar-refractivity contribution is 0.966. The average Bonchev–Trinajstić information content (AvgIpc) is 2.35. The Kier molecular flexibility index (Phi) is 3.94. The smallest absolute Gasteiger partial charge is 0.00258 e. The summed E-state index contributed by atoms with van der Waals surface area (Å²) in [6, 6.07) is 17.5. The summed E-state index contributed by atoms with van der Waals surface area (Å²) in [4.78, 5) is 0. The average molecular weight is 225 g/mol. The first-order valence-corrected chi connectivity index (χ1v) is 6.11. The van der Waals surface area contributed by atoms with Crippen molar-refractivity contribution in [2.24, 2.45) is 5.73 Å². The van der Waals surface area contributed by atoms with E-state index < -0.39 is 0 Å². The Morgan fingerprint density at radius 3 is 1.76 bits per heavy atom. The molecule has 0 saturated carbocycles. The van der Waals surface area contributed by atoms with Crippen LogP contribution in [0.2, 0.25) is 0 Å². The van der Waals surface area contributed by atoms with Gasteiger partial charge < -0.3 is 5.73 Å². The van der Waals surface area contributed by atoms with E-state index in [2.05, 4.69) is 55.5 Å². The molecule has 0 aliphatic carbocycles. The second kappa shape index (κ2) is 5.65. The van der Waals surface area contributed by atoms with E-state index in [1.54, 1.807) is 0 Å². The number of nitrogens with two attached hydrogens (primary N) is 1. The fourth-order valence-corrected chi connectivity index (χ4v) is 1.93. The van der Waals surface area contributed by atoms with Crippen LogP contribution in [0.5, 0.6) is 0 Å². The van der Waals surface area contributed by atoms with Gasteiger partial charge in [0, 0.05) is 0 Å². The molecule has 0 bridgehead atoms. The van der Waals surface area contributed by atoms with Crippen molar-refractivity contribution in [3.05, 3.63) is 70.8 Å². The third-order valence-electron chi connectivity index (χ3n) is 2.98. The molecule has 2 N–H and O–H groups in total. The van der Waals surface area contributed by atoms with Crippen molar-refractivity contribution >= 4 is 0 Å². The van der Waals surface area contributed by atoms with Crippen molar-refractivity contribution in [2.45, 2.75) is 19.8 Å². The molecular weight excluding hydrogens is 206 g/mol. The number of benzene rings is 2. The van der Waals surface area contributed by atoms with Gasteiger partial charge >= 0.3 is 0 Å². The van der Waals surface area contributed by atoms with Gasteiger partial charge in [0.15, 0.2) is 0 Å². The number of aryl methyl sites for hydroxylation is 1. The highest BCUT2D eigenvalue weighted by Crippen LogP contribution is 2.12. The maximum absolute atomic E-state index is 5.54. The Morgan fingerprint density at radius 2 is 1.24 bits per heavy atom. The van der Waals surface area contributed by atoms with E-state index in [0.29, 0.717) is 0 Å². The van der Waals surface area contributed by atoms with Crippen LogP contribution >= 0.6 is 0 Å². The molecule has 1 heteroatoms. The number of hydrogen-bond acceptors (Lipinski definition) is 1. The molecule has 2 aromatic carbocycles. The summed E-state index contributed by atoms with van der Waals surface area (Å²) in [6.07, 6.45) is 1.97. The van der Waals surface area contributed by atoms with Crippen molar-refractivity contribution in [1.82, 2.24) is 0 Å². The first-order valence-electron chi connectivity index (χ1n) is 6.11. The van der Waals surface area contributed by atoms with Crippen molar-refractivity contribution in [3.63, 3.8) is 0 Å². The Morgan fingerprint density at radius 1 is 0.765 bits per heavy atom. The Labute approximate surface area is 103 Å². The molecular formula is C16H19N. The highest BCUT2D eigenvalue weighted by atomic mass is 14.5. The summed E-state index contributed by atoms with van der Waals surface area (Å²) in [6.45, 7) is 2.84. The first kappa shape index (κ1) is 11.9. The summed E-state index contributed by atoms with van der Waals surface area (Å²) < 4.78 is 0. The van der Waals surface area contributed by atoms with Crippen LogP contribution in [0.15, 0.2) is 48.5 Å². The van der Waals surface area contributed by atoms with E-state index in [0.717, 1.165) is 19.4 Å². The van der Waals surface area contributed by atoms with Gasteiger partial charge in [-0.25, -0.2) is 0 Å². The second-order valence-electron chi connectivity index (χ2n) is 4.52. The molecule has 17 heavy (non-hydrogen) atoms. The van der Waals surface area contributed by atoms with Crippen molar-refractivity contribution in [3.8, 4) is 0 Å². The molecule has 0 aliphatic heterocycles. The van der Waals surface area contributed by atoms with Crippen molar-refractivity contribution in [1.29, 1.82) is 0 Å². The quantitative estimate of drug-likeness (QED) is 0.850. The zero-order valence-corrected chi connectivity index (χ0v) is 10.3. The maximum atomic E-state index is 5.54. The summed E-state index contributed by atoms with van der Waals surface area (Å²) in [5, 5.41) is 0. The van der Waals surface area contributed by atoms with Gasteiger partial charge in [-0.1, -0.05) is 54.1 Å². The fourth-order valence-electron chi connectivity index (χ4n) is 1.93. The molecule has 0 aromatic heterocycles. The molecule has 0 amide bonds. The summed E-state index contributed by atoms with van der Waals surface area (Å²) >= 11 is 0. The summed E-state index contributed by atoms with van der Waals surface area (Å²) in [7, 11) is 0. The molecule has 2 rings (SSSR count). The fraction of sp³-hybridized carbons (Fsp3) is 0.250. The number of hydrogen-bond donors (Lipinski definition) is 1. The van der Waals surface area contributed by atoms with Crippen LogP contribution in [0, 0.1) is 6.92 Å². The molecule has 0 aliphatic rings. The van der Waals surface area contributed by atoms with Crippen LogP contribution in [0.1, 0.15) is 22.3 Å². The van der Waals surface area contributed by atoms with Gasteiger partial charge in [-0.2, -0.15) is 0 Å². The topological polar surface area (TPSA) is 26.0 Å². The lowest BCUT2D eigenvalue weighted by Gasteiger charge is -2.04. The first-order chi connectivity index (χ1) is 8.28. The zero-order valence-electron chi connectivity index (χ0n) is 10.3. The molecule has 1 nitrogen and oxygen atoms in total. The van der Waals surface area contributed by atoms with Crippen LogP contribution in [-0.4, -0.2) is 6.54 Å². The second-order valence-corrected chi connectivity index (χ2v) is 4.52. The van der Waals surface area contributed by atoms with E-state index in [1.165, 1.54) is 22.3 Å². The van der Waals surface area contributed by atoms with Gasteiger partial charge in [-0.15, -0.1) is 0 Å². The Hall–Kier alpha value is -1.60. The molecule has 2 aromatic rings. The SMILES string of the molecule is Cc1ccc(Cc2ccc(CCN)cc2)cc1. The van der Waals surface area contributed by atoms with Gasteiger partial charge in [0.05, 0.1) is 0 Å². The maximum Gasteiger partial charge on any atom is -0.00258 e. The summed E-state index contributed by atoms with van der Waals surface area (Å²) in [5.74, 6) is 0. The molecule has 0 saturated heterocycles. The van der Waals surface area contributed by atoms with Crippen LogP contribution in [0.25, 0.3) is 0 Å². The van der Waals surface area contributed by atoms with Crippen LogP contribution in [-0.2, 0) is 12.8 Å². The molecule has 0 fully saturated rings. The van der Waals surface area contributed by atoms with Gasteiger partial charge in [0.25, 0.3) is 0 Å². The highest BCUT2D eigenvalue weighted by molar-refractivity contribution is 5.30. The monoisotopic (exact) mass is 225 g/mol. The van der Waals surface area contributed by atoms with Gasteiger partial charge in [0.1, 0.15) is 0 Å². The Bertz CT molecular complexity index is 454. The third kappa shape index (κ3) is 3.43. The van der Waals surface area contributed by atoms with Crippen LogP contribution in [0.4, 0.5) is 0 Å². The van der Waals surface area contributed by atoms with E-state index in [9.17, 15) is 0 Å². The standard InChI is InChI=1S/C16H19N/c1-13-2-4-15(5-3-13)12-16-8-6-14(7-9-16)10-11-17/h2-9H,10-12,17H2,1H3. The predicted molar refractivity (Wildman–Crippen MR) is 73.2 cm³/mol. The van der Waals surface area contributed by atoms with E-state index in [4.69, 9.17) is 5.73 Å². The normalized spacial score (nSPS) is 10.5. The number of rotatable bonds is 4. The van der Waals surface area contributed by atoms with Crippen molar-refractivity contribution < 1.29 is 0 Å². The van der Waals surface area contributed by atoms with Crippen molar-refractivity contribution in [2.75, 3.05) is 6.54 Å². The largest absolute Gasteiger partial charge is 0.330 e. The zero-order chi connectivity index (χ0) is 12.1. The minimum absolute atomic E-state index is 0.720. The lowest BCUT2D eigenvalue weighted by atomic mass is 10.0.